The van der Waals surface area contributed by atoms with E-state index >= 15 is 0 Å². The topological polar surface area (TPSA) is 78.3 Å². The van der Waals surface area contributed by atoms with Gasteiger partial charge in [-0.2, -0.15) is 0 Å². The predicted molar refractivity (Wildman–Crippen MR) is 59.2 cm³/mol. The molecule has 0 heterocycles. The Hall–Kier alpha value is -0.610. The molecule has 1 fully saturated rings. The highest BCUT2D eigenvalue weighted by atomic mass is 16.5. The molecule has 4 N–H and O–H groups in total. The van der Waals surface area contributed by atoms with E-state index < -0.39 is 11.4 Å². The van der Waals surface area contributed by atoms with Crippen LogP contribution in [0.2, 0.25) is 0 Å². The van der Waals surface area contributed by atoms with Gasteiger partial charge >= 0.3 is 0 Å². The third-order valence-electron chi connectivity index (χ3n) is 3.32. The zero-order valence-electron chi connectivity index (χ0n) is 9.88. The molecule has 1 atom stereocenters. The Kier molecular flexibility index (Phi) is 3.41. The van der Waals surface area contributed by atoms with Crippen LogP contribution in [0.5, 0.6) is 0 Å². The van der Waals surface area contributed by atoms with Crippen LogP contribution in [0.1, 0.15) is 40.0 Å². The summed E-state index contributed by atoms with van der Waals surface area (Å²) in [5.74, 6) is -0.237. The van der Waals surface area contributed by atoms with Gasteiger partial charge in [0.2, 0.25) is 5.91 Å². The van der Waals surface area contributed by atoms with E-state index in [0.29, 0.717) is 0 Å². The molecule has 0 radical (unpaired) electrons. The highest BCUT2D eigenvalue weighted by molar-refractivity contribution is 5.85. The lowest BCUT2D eigenvalue weighted by atomic mass is 9.94. The second-order valence-corrected chi connectivity index (χ2v) is 5.08. The Morgan fingerprint density at radius 1 is 1.47 bits per heavy atom. The van der Waals surface area contributed by atoms with E-state index in [1.807, 2.05) is 20.8 Å². The first-order valence-electron chi connectivity index (χ1n) is 5.54. The molecular weight excluding hydrogens is 192 g/mol. The number of rotatable bonds is 6. The van der Waals surface area contributed by atoms with E-state index in [4.69, 9.17) is 16.2 Å². The molecule has 1 aliphatic rings. The number of amides is 1. The van der Waals surface area contributed by atoms with Crippen LogP contribution in [0.4, 0.5) is 0 Å². The van der Waals surface area contributed by atoms with Crippen molar-refractivity contribution < 1.29 is 9.53 Å². The maximum Gasteiger partial charge on any atom is 0.240 e. The summed E-state index contributed by atoms with van der Waals surface area (Å²) in [7, 11) is 0. The lowest BCUT2D eigenvalue weighted by Crippen LogP contribution is -2.58. The summed E-state index contributed by atoms with van der Waals surface area (Å²) in [6, 6.07) is 0. The summed E-state index contributed by atoms with van der Waals surface area (Å²) < 4.78 is 5.68. The third kappa shape index (κ3) is 2.92. The van der Waals surface area contributed by atoms with Gasteiger partial charge in [-0.3, -0.25) is 4.79 Å². The van der Waals surface area contributed by atoms with E-state index in [1.54, 1.807) is 0 Å². The molecule has 1 rings (SSSR count). The van der Waals surface area contributed by atoms with Crippen LogP contribution in [-0.2, 0) is 9.53 Å². The fourth-order valence-corrected chi connectivity index (χ4v) is 1.41. The molecule has 0 bridgehead atoms. The van der Waals surface area contributed by atoms with Crippen LogP contribution in [0.3, 0.4) is 0 Å². The first-order valence-corrected chi connectivity index (χ1v) is 5.54. The molecule has 4 heteroatoms. The Labute approximate surface area is 91.3 Å². The lowest BCUT2D eigenvalue weighted by molar-refractivity contribution is -0.130. The van der Waals surface area contributed by atoms with E-state index in [0.717, 1.165) is 19.3 Å². The summed E-state index contributed by atoms with van der Waals surface area (Å²) in [6.07, 6.45) is 2.84. The normalized spacial score (nSPS) is 21.1. The van der Waals surface area contributed by atoms with Crippen LogP contribution < -0.4 is 11.5 Å². The summed E-state index contributed by atoms with van der Waals surface area (Å²) in [6.45, 7) is 6.25. The minimum atomic E-state index is -0.966. The molecule has 0 saturated heterocycles. The van der Waals surface area contributed by atoms with Crippen LogP contribution in [-0.4, -0.2) is 23.7 Å². The van der Waals surface area contributed by atoms with Crippen molar-refractivity contribution in [3.8, 4) is 0 Å². The molecule has 1 amide bonds. The highest BCUT2D eigenvalue weighted by Gasteiger charge is 2.47. The van der Waals surface area contributed by atoms with Gasteiger partial charge in [-0.05, 0) is 39.0 Å². The van der Waals surface area contributed by atoms with Crippen LogP contribution in [0.15, 0.2) is 0 Å². The zero-order chi connectivity index (χ0) is 11.7. The second-order valence-electron chi connectivity index (χ2n) is 5.08. The number of hydrogen-bond acceptors (Lipinski definition) is 3. The number of carbonyl (C=O) groups is 1. The molecule has 4 nitrogen and oxygen atoms in total. The molecule has 1 unspecified atom stereocenters. The maximum atomic E-state index is 11.3. The molecular formula is C11H22N2O2. The van der Waals surface area contributed by atoms with Gasteiger partial charge in [-0.15, -0.1) is 0 Å². The zero-order valence-corrected chi connectivity index (χ0v) is 9.88. The molecule has 0 aliphatic heterocycles. The van der Waals surface area contributed by atoms with Gasteiger partial charge in [0.05, 0.1) is 12.2 Å². The van der Waals surface area contributed by atoms with Crippen molar-refractivity contribution >= 4 is 5.91 Å². The summed E-state index contributed by atoms with van der Waals surface area (Å²) in [5.41, 5.74) is 10.1. The fourth-order valence-electron chi connectivity index (χ4n) is 1.41. The van der Waals surface area contributed by atoms with Gasteiger partial charge in [0.15, 0.2) is 0 Å². The third-order valence-corrected chi connectivity index (χ3v) is 3.32. The average molecular weight is 214 g/mol. The van der Waals surface area contributed by atoms with Crippen molar-refractivity contribution in [1.82, 2.24) is 0 Å². The van der Waals surface area contributed by atoms with Gasteiger partial charge in [0.25, 0.3) is 0 Å². The van der Waals surface area contributed by atoms with E-state index in [1.165, 1.54) is 0 Å². The highest BCUT2D eigenvalue weighted by Crippen LogP contribution is 2.38. The molecule has 88 valence electrons. The molecule has 0 spiro atoms. The van der Waals surface area contributed by atoms with Gasteiger partial charge in [0, 0.05) is 0 Å². The average Bonchev–Trinajstić information content (AvgIpc) is 2.97. The SMILES string of the molecule is CCC(C)(C)OCC(N)(C(N)=O)C1CC1. The number of carbonyl (C=O) groups excluding carboxylic acids is 1. The second kappa shape index (κ2) is 4.10. The van der Waals surface area contributed by atoms with Crippen molar-refractivity contribution in [1.29, 1.82) is 0 Å². The van der Waals surface area contributed by atoms with E-state index in [9.17, 15) is 4.79 Å². The largest absolute Gasteiger partial charge is 0.373 e. The molecule has 0 aromatic heterocycles. The van der Waals surface area contributed by atoms with Gasteiger partial charge in [-0.1, -0.05) is 6.92 Å². The maximum absolute atomic E-state index is 11.3. The van der Waals surface area contributed by atoms with Crippen LogP contribution >= 0.6 is 0 Å². The fraction of sp³-hybridized carbons (Fsp3) is 0.909. The standard InChI is InChI=1S/C11H22N2O2/c1-4-10(2,3)15-7-11(13,9(12)14)8-5-6-8/h8H,4-7,13H2,1-3H3,(H2,12,14). The van der Waals surface area contributed by atoms with Crippen molar-refractivity contribution in [2.45, 2.75) is 51.2 Å². The quantitative estimate of drug-likeness (QED) is 0.686. The number of ether oxygens (including phenoxy) is 1. The molecule has 0 aromatic carbocycles. The Bertz CT molecular complexity index is 249. The summed E-state index contributed by atoms with van der Waals surface area (Å²) in [4.78, 5) is 11.3. The van der Waals surface area contributed by atoms with Crippen LogP contribution in [0, 0.1) is 5.92 Å². The van der Waals surface area contributed by atoms with Crippen molar-refractivity contribution in [2.24, 2.45) is 17.4 Å². The van der Waals surface area contributed by atoms with Gasteiger partial charge in [0.1, 0.15) is 5.54 Å². The molecule has 1 aliphatic carbocycles. The minimum absolute atomic E-state index is 0.211. The first kappa shape index (κ1) is 12.5. The lowest BCUT2D eigenvalue weighted by Gasteiger charge is -2.31. The van der Waals surface area contributed by atoms with E-state index in [-0.39, 0.29) is 18.1 Å². The Balaban J connectivity index is 2.56. The van der Waals surface area contributed by atoms with Crippen molar-refractivity contribution in [2.75, 3.05) is 6.61 Å². The minimum Gasteiger partial charge on any atom is -0.373 e. The Morgan fingerprint density at radius 2 is 2.00 bits per heavy atom. The summed E-state index contributed by atoms with van der Waals surface area (Å²) in [5, 5.41) is 0. The first-order chi connectivity index (χ1) is 6.82. The molecule has 0 aromatic rings. The molecule has 1 saturated carbocycles. The summed E-state index contributed by atoms with van der Waals surface area (Å²) >= 11 is 0. The predicted octanol–water partition coefficient (Wildman–Crippen LogP) is 0.784. The van der Waals surface area contributed by atoms with E-state index in [2.05, 4.69) is 0 Å². The number of primary amides is 1. The number of hydrogen-bond donors (Lipinski definition) is 2. The van der Waals surface area contributed by atoms with Crippen molar-refractivity contribution in [3.05, 3.63) is 0 Å². The van der Waals surface area contributed by atoms with Gasteiger partial charge in [-0.25, -0.2) is 0 Å². The number of nitrogens with two attached hydrogens (primary N) is 2. The smallest absolute Gasteiger partial charge is 0.240 e. The van der Waals surface area contributed by atoms with Crippen molar-refractivity contribution in [3.63, 3.8) is 0 Å². The van der Waals surface area contributed by atoms with Crippen LogP contribution in [0.25, 0.3) is 0 Å². The molecule has 15 heavy (non-hydrogen) atoms. The monoisotopic (exact) mass is 214 g/mol. The Morgan fingerprint density at radius 3 is 2.33 bits per heavy atom. The van der Waals surface area contributed by atoms with Gasteiger partial charge < -0.3 is 16.2 Å².